The molecule has 3 aliphatic carbocycles. The summed E-state index contributed by atoms with van der Waals surface area (Å²) in [6.07, 6.45) is 5.65. The minimum absolute atomic E-state index is 0.485. The van der Waals surface area contributed by atoms with E-state index in [-0.39, 0.29) is 0 Å². The van der Waals surface area contributed by atoms with Gasteiger partial charge in [0, 0.05) is 34.1 Å². The van der Waals surface area contributed by atoms with Crippen LogP contribution in [0.25, 0.3) is 28.0 Å². The van der Waals surface area contributed by atoms with Crippen LogP contribution in [-0.4, -0.2) is 0 Å². The number of allylic oxidation sites excluding steroid dienone is 1. The SMILES string of the molecule is CC1C=Cc2ccc(N(c3ccccc3)c3cccc(C4(c5cccc(N(c6ccccc6)c6ccc7ccccc7c6)c5)c5ccccc5C5(c6ccccc6)c6ccccc6-c6cccc4c65)c3)cc2C1. The molecule has 0 amide bonds. The van der Waals surface area contributed by atoms with Crippen molar-refractivity contribution in [1.29, 1.82) is 0 Å². The molecule has 73 heavy (non-hydrogen) atoms. The molecule has 0 radical (unpaired) electrons. The van der Waals surface area contributed by atoms with Crippen molar-refractivity contribution in [2.45, 2.75) is 24.2 Å². The molecule has 2 heteroatoms. The Balaban J connectivity index is 1.08. The Kier molecular flexibility index (Phi) is 10.0. The zero-order valence-electron chi connectivity index (χ0n) is 40.7. The number of para-hydroxylation sites is 2. The highest BCUT2D eigenvalue weighted by atomic mass is 15.1. The van der Waals surface area contributed by atoms with Gasteiger partial charge in [-0.15, -0.1) is 0 Å². The van der Waals surface area contributed by atoms with E-state index in [2.05, 4.69) is 296 Å². The average molecular weight is 933 g/mol. The fourth-order valence-electron chi connectivity index (χ4n) is 13.0. The molecule has 0 saturated carbocycles. The molecule has 0 fully saturated rings. The summed E-state index contributed by atoms with van der Waals surface area (Å²) in [5.41, 5.74) is 20.8. The highest BCUT2D eigenvalue weighted by Crippen LogP contribution is 2.66. The van der Waals surface area contributed by atoms with Gasteiger partial charge >= 0.3 is 0 Å². The van der Waals surface area contributed by atoms with E-state index in [1.807, 2.05) is 0 Å². The van der Waals surface area contributed by atoms with Crippen LogP contribution in [-0.2, 0) is 17.3 Å². The fraction of sp³-hybridized carbons (Fsp3) is 0.0704. The van der Waals surface area contributed by atoms with E-state index >= 15 is 0 Å². The first kappa shape index (κ1) is 42.9. The first-order valence-electron chi connectivity index (χ1n) is 25.7. The minimum Gasteiger partial charge on any atom is -0.310 e. The van der Waals surface area contributed by atoms with Gasteiger partial charge in [-0.2, -0.15) is 0 Å². The summed E-state index contributed by atoms with van der Waals surface area (Å²) in [6, 6.07) is 100. The van der Waals surface area contributed by atoms with Gasteiger partial charge < -0.3 is 9.80 Å². The van der Waals surface area contributed by atoms with E-state index in [4.69, 9.17) is 0 Å². The standard InChI is InChI=1S/C71H52N2/c1-49-38-39-51-41-43-62(46-53(51)44-49)73(58-28-9-4-10-29-58)60-31-18-25-56(48-60)70(55-24-17-30-59(47-55)72(57-26-7-3-8-27-57)61-42-40-50-20-11-12-21-52(50)45-61)66-35-15-16-36-67(66)71(54-22-5-2-6-23-54)65-34-14-13-32-63(65)64-33-19-37-68(70)69(64)71/h2-43,45-49H,44H2,1H3. The number of anilines is 6. The quantitative estimate of drug-likeness (QED) is 0.142. The second kappa shape index (κ2) is 17.1. The van der Waals surface area contributed by atoms with Crippen molar-refractivity contribution < 1.29 is 0 Å². The summed E-state index contributed by atoms with van der Waals surface area (Å²) in [5, 5.41) is 2.42. The van der Waals surface area contributed by atoms with Crippen LogP contribution in [0.5, 0.6) is 0 Å². The second-order valence-electron chi connectivity index (χ2n) is 20.1. The van der Waals surface area contributed by atoms with Crippen LogP contribution >= 0.6 is 0 Å². The molecule has 0 spiro atoms. The molecule has 11 aromatic carbocycles. The zero-order chi connectivity index (χ0) is 48.5. The first-order chi connectivity index (χ1) is 36.1. The topological polar surface area (TPSA) is 6.48 Å². The Bertz CT molecular complexity index is 3930. The van der Waals surface area contributed by atoms with Gasteiger partial charge in [0.05, 0.1) is 10.8 Å². The Labute approximate surface area is 428 Å². The normalized spacial score (nSPS) is 17.8. The van der Waals surface area contributed by atoms with Crippen LogP contribution in [0.2, 0.25) is 0 Å². The van der Waals surface area contributed by atoms with Gasteiger partial charge in [-0.25, -0.2) is 0 Å². The van der Waals surface area contributed by atoms with Crippen molar-refractivity contribution in [2.24, 2.45) is 5.92 Å². The van der Waals surface area contributed by atoms with Crippen molar-refractivity contribution in [3.8, 4) is 11.1 Å². The third kappa shape index (κ3) is 6.57. The van der Waals surface area contributed by atoms with Gasteiger partial charge in [-0.05, 0) is 163 Å². The van der Waals surface area contributed by atoms with Gasteiger partial charge in [-0.1, -0.05) is 213 Å². The highest BCUT2D eigenvalue weighted by molar-refractivity contribution is 5.93. The maximum Gasteiger partial charge on any atom is 0.0720 e. The van der Waals surface area contributed by atoms with E-state index in [0.717, 1.165) is 40.5 Å². The van der Waals surface area contributed by atoms with Crippen LogP contribution in [0, 0.1) is 5.92 Å². The second-order valence-corrected chi connectivity index (χ2v) is 20.1. The molecule has 0 aromatic heterocycles. The maximum absolute atomic E-state index is 2.49. The van der Waals surface area contributed by atoms with E-state index in [9.17, 15) is 0 Å². The molecule has 3 atom stereocenters. The molecule has 0 heterocycles. The number of nitrogens with zero attached hydrogens (tertiary/aromatic N) is 2. The molecule has 3 unspecified atom stereocenters. The molecule has 0 saturated heterocycles. The summed E-state index contributed by atoms with van der Waals surface area (Å²) in [4.78, 5) is 4.89. The summed E-state index contributed by atoms with van der Waals surface area (Å²) in [5.74, 6) is 0.485. The Hall–Kier alpha value is -8.98. The smallest absolute Gasteiger partial charge is 0.0720 e. The monoisotopic (exact) mass is 932 g/mol. The third-order valence-electron chi connectivity index (χ3n) is 16.0. The largest absolute Gasteiger partial charge is 0.310 e. The van der Waals surface area contributed by atoms with Gasteiger partial charge in [0.2, 0.25) is 0 Å². The summed E-state index contributed by atoms with van der Waals surface area (Å²) in [7, 11) is 0. The fourth-order valence-corrected chi connectivity index (χ4v) is 13.0. The molecule has 346 valence electrons. The van der Waals surface area contributed by atoms with Crippen molar-refractivity contribution in [3.63, 3.8) is 0 Å². The Morgan fingerprint density at radius 3 is 1.51 bits per heavy atom. The molecule has 3 aliphatic rings. The van der Waals surface area contributed by atoms with E-state index in [1.165, 1.54) is 77.5 Å². The van der Waals surface area contributed by atoms with Crippen LogP contribution in [0.15, 0.2) is 273 Å². The van der Waals surface area contributed by atoms with Gasteiger partial charge in [0.15, 0.2) is 0 Å². The van der Waals surface area contributed by atoms with Crippen molar-refractivity contribution >= 4 is 51.0 Å². The maximum atomic E-state index is 2.49. The number of hydrogen-bond acceptors (Lipinski definition) is 2. The molecular weight excluding hydrogens is 881 g/mol. The molecule has 2 nitrogen and oxygen atoms in total. The van der Waals surface area contributed by atoms with E-state index in [1.54, 1.807) is 0 Å². The molecule has 11 aromatic rings. The minimum atomic E-state index is -0.793. The summed E-state index contributed by atoms with van der Waals surface area (Å²) < 4.78 is 0. The van der Waals surface area contributed by atoms with Gasteiger partial charge in [0.1, 0.15) is 0 Å². The number of fused-ring (bicyclic) bond motifs is 7. The van der Waals surface area contributed by atoms with Crippen LogP contribution < -0.4 is 9.80 Å². The number of rotatable bonds is 9. The van der Waals surface area contributed by atoms with Gasteiger partial charge in [-0.3, -0.25) is 0 Å². The van der Waals surface area contributed by atoms with Crippen molar-refractivity contribution in [2.75, 3.05) is 9.80 Å². The molecule has 14 rings (SSSR count). The molecular formula is C71H52N2. The van der Waals surface area contributed by atoms with Crippen molar-refractivity contribution in [1.82, 2.24) is 0 Å². The zero-order valence-corrected chi connectivity index (χ0v) is 40.7. The molecule has 0 N–H and O–H groups in total. The van der Waals surface area contributed by atoms with Crippen LogP contribution in [0.4, 0.5) is 34.1 Å². The first-order valence-corrected chi connectivity index (χ1v) is 25.7. The highest BCUT2D eigenvalue weighted by Gasteiger charge is 2.57. The van der Waals surface area contributed by atoms with Crippen LogP contribution in [0.3, 0.4) is 0 Å². The van der Waals surface area contributed by atoms with E-state index < -0.39 is 10.8 Å². The average Bonchev–Trinajstić information content (AvgIpc) is 3.93. The van der Waals surface area contributed by atoms with E-state index in [0.29, 0.717) is 5.92 Å². The lowest BCUT2D eigenvalue weighted by atomic mass is 9.51. The van der Waals surface area contributed by atoms with Gasteiger partial charge in [0.25, 0.3) is 0 Å². The molecule has 0 bridgehead atoms. The Morgan fingerprint density at radius 2 is 0.822 bits per heavy atom. The van der Waals surface area contributed by atoms with Crippen molar-refractivity contribution in [3.05, 3.63) is 329 Å². The van der Waals surface area contributed by atoms with Crippen LogP contribution in [0.1, 0.15) is 62.6 Å². The third-order valence-corrected chi connectivity index (χ3v) is 16.0. The Morgan fingerprint density at radius 1 is 0.342 bits per heavy atom. The number of hydrogen-bond donors (Lipinski definition) is 0. The molecule has 0 aliphatic heterocycles. The number of benzene rings is 11. The lowest BCUT2D eigenvalue weighted by Crippen LogP contribution is -2.44. The summed E-state index contributed by atoms with van der Waals surface area (Å²) >= 11 is 0. The predicted molar refractivity (Wildman–Crippen MR) is 304 cm³/mol. The predicted octanol–water partition coefficient (Wildman–Crippen LogP) is 18.0. The lowest BCUT2D eigenvalue weighted by Gasteiger charge is -2.50. The summed E-state index contributed by atoms with van der Waals surface area (Å²) in [6.45, 7) is 2.31. The lowest BCUT2D eigenvalue weighted by molar-refractivity contribution is 0.627.